The van der Waals surface area contributed by atoms with Crippen LogP contribution in [0.25, 0.3) is 0 Å². The normalized spacial score (nSPS) is 9.94. The van der Waals surface area contributed by atoms with Gasteiger partial charge in [-0.1, -0.05) is 0 Å². The predicted molar refractivity (Wildman–Crippen MR) is 59.6 cm³/mol. The average molecular weight is 233 g/mol. The van der Waals surface area contributed by atoms with Crippen molar-refractivity contribution in [1.29, 1.82) is 0 Å². The van der Waals surface area contributed by atoms with Gasteiger partial charge in [-0.3, -0.25) is 9.78 Å². The van der Waals surface area contributed by atoms with Crippen molar-refractivity contribution in [3.63, 3.8) is 0 Å². The van der Waals surface area contributed by atoms with Gasteiger partial charge in [0.05, 0.1) is 18.9 Å². The van der Waals surface area contributed by atoms with Gasteiger partial charge in [-0.15, -0.1) is 0 Å². The molecule has 17 heavy (non-hydrogen) atoms. The summed E-state index contributed by atoms with van der Waals surface area (Å²) in [5, 5.41) is 2.65. The van der Waals surface area contributed by atoms with E-state index in [0.717, 1.165) is 0 Å². The van der Waals surface area contributed by atoms with Crippen molar-refractivity contribution in [3.8, 4) is 0 Å². The number of rotatable bonds is 4. The van der Waals surface area contributed by atoms with Crippen LogP contribution in [0.1, 0.15) is 16.3 Å². The maximum Gasteiger partial charge on any atom is 0.271 e. The number of aromatic nitrogens is 4. The highest BCUT2D eigenvalue weighted by atomic mass is 16.1. The van der Waals surface area contributed by atoms with Crippen molar-refractivity contribution in [1.82, 2.24) is 25.3 Å². The highest BCUT2D eigenvalue weighted by Gasteiger charge is 2.08. The molecule has 0 aromatic carbocycles. The lowest BCUT2D eigenvalue weighted by Crippen LogP contribution is -2.25. The fourth-order valence-electron chi connectivity index (χ4n) is 1.19. The van der Waals surface area contributed by atoms with Crippen molar-refractivity contribution < 1.29 is 4.79 Å². The first kappa shape index (κ1) is 11.0. The Kier molecular flexibility index (Phi) is 3.26. The molecule has 0 aliphatic carbocycles. The van der Waals surface area contributed by atoms with E-state index in [9.17, 15) is 4.79 Å². The first-order valence-corrected chi connectivity index (χ1v) is 4.84. The third-order valence-corrected chi connectivity index (χ3v) is 1.99. The highest BCUT2D eigenvalue weighted by Crippen LogP contribution is 2.00. The monoisotopic (exact) mass is 233 g/mol. The fraction of sp³-hybridized carbons (Fsp3) is 0.111. The Morgan fingerprint density at radius 1 is 1.47 bits per heavy atom. The summed E-state index contributed by atoms with van der Waals surface area (Å²) in [6.07, 6.45) is 6.07. The number of nitrogens with two attached hydrogens (primary N) is 1. The molecule has 5 N–H and O–H groups in total. The predicted octanol–water partition coefficient (Wildman–Crippen LogP) is -0.585. The van der Waals surface area contributed by atoms with Crippen LogP contribution in [0, 0.1) is 0 Å². The Bertz CT molecular complexity index is 496. The molecule has 2 rings (SSSR count). The molecule has 2 aromatic heterocycles. The summed E-state index contributed by atoms with van der Waals surface area (Å²) in [7, 11) is 0. The van der Waals surface area contributed by atoms with Crippen LogP contribution in [0.2, 0.25) is 0 Å². The minimum Gasteiger partial charge on any atom is -0.347 e. The molecule has 8 heteroatoms. The zero-order valence-corrected chi connectivity index (χ0v) is 8.84. The number of carbonyl (C=O) groups is 1. The second-order valence-electron chi connectivity index (χ2n) is 3.15. The number of aromatic amines is 1. The SMILES string of the molecule is NNc1cncc(C(=O)NCc2ncc[nH]2)n1. The van der Waals surface area contributed by atoms with Crippen LogP contribution >= 0.6 is 0 Å². The molecule has 88 valence electrons. The third kappa shape index (κ3) is 2.75. The number of nitrogen functional groups attached to an aromatic ring is 1. The molecule has 0 aliphatic rings. The van der Waals surface area contributed by atoms with Crippen molar-refractivity contribution in [2.75, 3.05) is 5.43 Å². The van der Waals surface area contributed by atoms with Gasteiger partial charge in [0.15, 0.2) is 5.82 Å². The van der Waals surface area contributed by atoms with Crippen LogP contribution < -0.4 is 16.6 Å². The number of nitrogens with one attached hydrogen (secondary N) is 3. The van der Waals surface area contributed by atoms with Crippen molar-refractivity contribution in [3.05, 3.63) is 36.3 Å². The minimum absolute atomic E-state index is 0.187. The molecule has 0 spiro atoms. The van der Waals surface area contributed by atoms with Crippen LogP contribution in [0.15, 0.2) is 24.8 Å². The second kappa shape index (κ2) is 5.03. The molecular weight excluding hydrogens is 222 g/mol. The maximum atomic E-state index is 11.7. The largest absolute Gasteiger partial charge is 0.347 e. The molecule has 2 heterocycles. The highest BCUT2D eigenvalue weighted by molar-refractivity contribution is 5.92. The number of H-pyrrole nitrogens is 1. The number of hydrogen-bond acceptors (Lipinski definition) is 6. The van der Waals surface area contributed by atoms with E-state index < -0.39 is 0 Å². The number of hydrazine groups is 1. The topological polar surface area (TPSA) is 122 Å². The Labute approximate surface area is 96.7 Å². The minimum atomic E-state index is -0.342. The van der Waals surface area contributed by atoms with Gasteiger partial charge in [0, 0.05) is 12.4 Å². The number of hydrogen-bond donors (Lipinski definition) is 4. The smallest absolute Gasteiger partial charge is 0.271 e. The average Bonchev–Trinajstić information content (AvgIpc) is 2.89. The molecule has 0 atom stereocenters. The van der Waals surface area contributed by atoms with Gasteiger partial charge >= 0.3 is 0 Å². The summed E-state index contributed by atoms with van der Waals surface area (Å²) in [6, 6.07) is 0. The lowest BCUT2D eigenvalue weighted by molar-refractivity contribution is 0.0944. The third-order valence-electron chi connectivity index (χ3n) is 1.99. The summed E-state index contributed by atoms with van der Waals surface area (Å²) in [5.41, 5.74) is 2.51. The van der Waals surface area contributed by atoms with Gasteiger partial charge in [-0.25, -0.2) is 15.8 Å². The summed E-state index contributed by atoms with van der Waals surface area (Å²) < 4.78 is 0. The zero-order valence-electron chi connectivity index (χ0n) is 8.84. The molecule has 0 saturated carbocycles. The lowest BCUT2D eigenvalue weighted by Gasteiger charge is -2.03. The summed E-state index contributed by atoms with van der Waals surface area (Å²) in [4.78, 5) is 26.3. The molecule has 0 saturated heterocycles. The Morgan fingerprint density at radius 2 is 2.35 bits per heavy atom. The number of amides is 1. The van der Waals surface area contributed by atoms with Crippen molar-refractivity contribution in [2.24, 2.45) is 5.84 Å². The Hall–Kier alpha value is -2.48. The molecule has 0 fully saturated rings. The molecule has 1 amide bonds. The van der Waals surface area contributed by atoms with Crippen LogP contribution in [0.4, 0.5) is 5.82 Å². The van der Waals surface area contributed by atoms with Gasteiger partial charge in [0.1, 0.15) is 11.5 Å². The van der Waals surface area contributed by atoms with E-state index in [-0.39, 0.29) is 11.6 Å². The van der Waals surface area contributed by atoms with E-state index in [1.807, 2.05) is 0 Å². The Balaban J connectivity index is 1.99. The first-order valence-electron chi connectivity index (χ1n) is 4.84. The fourth-order valence-corrected chi connectivity index (χ4v) is 1.19. The maximum absolute atomic E-state index is 11.7. The van der Waals surface area contributed by atoms with Crippen LogP contribution in [0.3, 0.4) is 0 Å². The molecule has 2 aromatic rings. The molecule has 8 nitrogen and oxygen atoms in total. The van der Waals surface area contributed by atoms with Crippen LogP contribution in [-0.4, -0.2) is 25.8 Å². The van der Waals surface area contributed by atoms with Crippen molar-refractivity contribution >= 4 is 11.7 Å². The summed E-state index contributed by atoms with van der Waals surface area (Å²) >= 11 is 0. The van der Waals surface area contributed by atoms with Gasteiger partial charge < -0.3 is 15.7 Å². The number of nitrogens with zero attached hydrogens (tertiary/aromatic N) is 3. The second-order valence-corrected chi connectivity index (χ2v) is 3.15. The van der Waals surface area contributed by atoms with Gasteiger partial charge in [0.25, 0.3) is 5.91 Å². The summed E-state index contributed by atoms with van der Waals surface area (Å²) in [6.45, 7) is 0.299. The zero-order chi connectivity index (χ0) is 12.1. The Morgan fingerprint density at radius 3 is 3.06 bits per heavy atom. The van der Waals surface area contributed by atoms with E-state index in [1.165, 1.54) is 12.4 Å². The molecule has 0 radical (unpaired) electrons. The molecule has 0 aliphatic heterocycles. The standard InChI is InChI=1S/C9H11N7O/c10-16-8-4-11-3-6(15-8)9(17)14-5-7-12-1-2-13-7/h1-4H,5,10H2,(H,12,13)(H,14,17)(H,15,16). The number of anilines is 1. The van der Waals surface area contributed by atoms with Crippen LogP contribution in [0.5, 0.6) is 0 Å². The molecule has 0 bridgehead atoms. The first-order chi connectivity index (χ1) is 8.29. The van der Waals surface area contributed by atoms with Gasteiger partial charge in [-0.05, 0) is 0 Å². The van der Waals surface area contributed by atoms with E-state index in [4.69, 9.17) is 5.84 Å². The van der Waals surface area contributed by atoms with Gasteiger partial charge in [0.2, 0.25) is 0 Å². The van der Waals surface area contributed by atoms with E-state index in [2.05, 4.69) is 30.7 Å². The number of carbonyl (C=O) groups excluding carboxylic acids is 1. The molecular formula is C9H11N7O. The lowest BCUT2D eigenvalue weighted by atomic mass is 10.4. The van der Waals surface area contributed by atoms with Crippen LogP contribution in [-0.2, 0) is 6.54 Å². The van der Waals surface area contributed by atoms with E-state index >= 15 is 0 Å². The molecule has 0 unspecified atom stereocenters. The number of imidazole rings is 1. The van der Waals surface area contributed by atoms with E-state index in [0.29, 0.717) is 18.2 Å². The van der Waals surface area contributed by atoms with E-state index in [1.54, 1.807) is 12.4 Å². The quantitative estimate of drug-likeness (QED) is 0.414. The van der Waals surface area contributed by atoms with Gasteiger partial charge in [-0.2, -0.15) is 0 Å². The summed E-state index contributed by atoms with van der Waals surface area (Å²) in [5.74, 6) is 5.82. The van der Waals surface area contributed by atoms with Crippen molar-refractivity contribution in [2.45, 2.75) is 6.54 Å².